The number of nitrogens with two attached hydrogens (primary N) is 1. The van der Waals surface area contributed by atoms with Crippen LogP contribution in [0.15, 0.2) is 36.4 Å². The molecule has 5 unspecified atom stereocenters. The van der Waals surface area contributed by atoms with Crippen LogP contribution in [-0.2, 0) is 36.8 Å². The number of amides is 2. The van der Waals surface area contributed by atoms with Gasteiger partial charge in [0.25, 0.3) is 0 Å². The van der Waals surface area contributed by atoms with E-state index < -0.39 is 48.9 Å². The van der Waals surface area contributed by atoms with Crippen LogP contribution in [0, 0.1) is 0 Å². The Morgan fingerprint density at radius 3 is 2.25 bits per heavy atom. The Hall–Kier alpha value is -4.59. The number of rotatable bonds is 16. The predicted octanol–water partition coefficient (Wildman–Crippen LogP) is 1.84. The first-order chi connectivity index (χ1) is 27.3. The van der Waals surface area contributed by atoms with Gasteiger partial charge in [0.2, 0.25) is 6.29 Å². The van der Waals surface area contributed by atoms with E-state index in [1.807, 2.05) is 18.2 Å². The second-order valence-electron chi connectivity index (χ2n) is 14.6. The molecular weight excluding hydrogens is 748 g/mol. The molecule has 2 saturated heterocycles. The number of carboxylic acid groups (broad SMARTS) is 1. The summed E-state index contributed by atoms with van der Waals surface area (Å²) in [6.07, 6.45) is -4.39. The second-order valence-corrected chi connectivity index (χ2v) is 14.6. The number of nitrogens with zero attached hydrogens (tertiary/aromatic N) is 3. The van der Waals surface area contributed by atoms with Gasteiger partial charge in [-0.15, -0.1) is 0 Å². The van der Waals surface area contributed by atoms with Crippen LogP contribution < -0.4 is 19.9 Å². The monoisotopic (exact) mass is 804 g/mol. The van der Waals surface area contributed by atoms with E-state index in [2.05, 4.69) is 4.90 Å². The molecule has 0 radical (unpaired) electrons. The first-order valence-electron chi connectivity index (χ1n) is 19.1. The summed E-state index contributed by atoms with van der Waals surface area (Å²) in [5.41, 5.74) is 7.74. The molecule has 3 fully saturated rings. The van der Waals surface area contributed by atoms with Crippen molar-refractivity contribution >= 4 is 23.8 Å². The van der Waals surface area contributed by atoms with E-state index in [0.717, 1.165) is 50.6 Å². The minimum Gasteiger partial charge on any atom is -0.493 e. The molecule has 8 atom stereocenters. The molecule has 0 spiro atoms. The van der Waals surface area contributed by atoms with Gasteiger partial charge in [0, 0.05) is 46.3 Å². The van der Waals surface area contributed by atoms with Crippen molar-refractivity contribution in [3.05, 3.63) is 47.5 Å². The van der Waals surface area contributed by atoms with Crippen molar-refractivity contribution in [2.75, 3.05) is 66.8 Å². The summed E-state index contributed by atoms with van der Waals surface area (Å²) >= 11 is 0. The van der Waals surface area contributed by atoms with Crippen molar-refractivity contribution in [1.82, 2.24) is 14.7 Å². The van der Waals surface area contributed by atoms with Crippen LogP contribution in [0.1, 0.15) is 43.2 Å². The van der Waals surface area contributed by atoms with E-state index in [-0.39, 0.29) is 49.4 Å². The molecule has 57 heavy (non-hydrogen) atoms. The fourth-order valence-corrected chi connectivity index (χ4v) is 7.24. The molecule has 2 amide bonds. The highest BCUT2D eigenvalue weighted by molar-refractivity contribution is 5.73. The molecular formula is C39H56N4O14. The van der Waals surface area contributed by atoms with Gasteiger partial charge >= 0.3 is 18.2 Å². The van der Waals surface area contributed by atoms with Crippen molar-refractivity contribution < 1.29 is 68.0 Å². The van der Waals surface area contributed by atoms with E-state index in [1.54, 1.807) is 28.3 Å². The number of ether oxygens (including phenoxy) is 7. The number of aliphatic hydroxyl groups is 3. The zero-order valence-corrected chi connectivity index (χ0v) is 32.9. The molecule has 18 heteroatoms. The zero-order valence-electron chi connectivity index (χ0n) is 32.9. The quantitative estimate of drug-likeness (QED) is 0.152. The number of aliphatic carboxylic acids is 1. The minimum atomic E-state index is -1.86. The molecule has 18 nitrogen and oxygen atoms in total. The van der Waals surface area contributed by atoms with Crippen LogP contribution >= 0.6 is 0 Å². The third-order valence-corrected chi connectivity index (χ3v) is 10.6. The lowest BCUT2D eigenvalue weighted by molar-refractivity contribution is -0.271. The molecule has 1 saturated carbocycles. The van der Waals surface area contributed by atoms with Crippen LogP contribution in [0.4, 0.5) is 15.3 Å². The number of likely N-dealkylation sites (tertiary alicyclic amines) is 1. The van der Waals surface area contributed by atoms with Crippen LogP contribution in [0.25, 0.3) is 0 Å². The Morgan fingerprint density at radius 2 is 1.54 bits per heavy atom. The Labute approximate surface area is 331 Å². The van der Waals surface area contributed by atoms with Crippen LogP contribution in [0.2, 0.25) is 0 Å². The molecule has 2 aliphatic heterocycles. The Morgan fingerprint density at radius 1 is 0.860 bits per heavy atom. The van der Waals surface area contributed by atoms with Gasteiger partial charge in [-0.3, -0.25) is 4.90 Å². The van der Waals surface area contributed by atoms with E-state index in [0.29, 0.717) is 30.2 Å². The fraction of sp³-hybridized carbons (Fsp3) is 0.615. The second kappa shape index (κ2) is 20.2. The van der Waals surface area contributed by atoms with Crippen LogP contribution in [-0.4, -0.2) is 163 Å². The summed E-state index contributed by atoms with van der Waals surface area (Å²) in [5, 5.41) is 39.4. The van der Waals surface area contributed by atoms with Gasteiger partial charge < -0.3 is 69.1 Å². The maximum Gasteiger partial charge on any atom is 0.409 e. The van der Waals surface area contributed by atoms with Gasteiger partial charge in [-0.1, -0.05) is 25.0 Å². The van der Waals surface area contributed by atoms with Crippen molar-refractivity contribution in [3.8, 4) is 17.2 Å². The molecule has 0 bridgehead atoms. The summed E-state index contributed by atoms with van der Waals surface area (Å²) in [6, 6.07) is 10.6. The number of carbonyl (C=O) groups excluding carboxylic acids is 2. The number of hydrogen-bond acceptors (Lipinski definition) is 15. The Kier molecular flexibility index (Phi) is 15.4. The van der Waals surface area contributed by atoms with Gasteiger partial charge in [-0.2, -0.15) is 0 Å². The number of methoxy groups -OCH3 is 2. The van der Waals surface area contributed by atoms with Gasteiger partial charge in [-0.25, -0.2) is 14.4 Å². The van der Waals surface area contributed by atoms with E-state index >= 15 is 0 Å². The summed E-state index contributed by atoms with van der Waals surface area (Å²) in [7, 11) is 6.40. The maximum absolute atomic E-state index is 13.0. The minimum absolute atomic E-state index is 0.00464. The first kappa shape index (κ1) is 43.5. The SMILES string of the molecule is COc1ccc(CCO[C@@H]2CCCC[C@@H]2N2CC[C@H](OC(=O)N(C)CCN(C)C(=O)OCc3ccc(OC4OC(C(=O)O)C(O)C(O)C4O)c(N)c3)C2)cc1OC. The number of anilines is 1. The molecule has 2 aromatic carbocycles. The molecule has 3 aliphatic rings. The molecule has 2 aromatic rings. The summed E-state index contributed by atoms with van der Waals surface area (Å²) in [6.45, 7) is 2.29. The fourth-order valence-electron chi connectivity index (χ4n) is 7.24. The van der Waals surface area contributed by atoms with Crippen molar-refractivity contribution in [2.24, 2.45) is 0 Å². The molecule has 2 heterocycles. The van der Waals surface area contributed by atoms with Gasteiger partial charge in [0.15, 0.2) is 17.6 Å². The lowest BCUT2D eigenvalue weighted by atomic mass is 9.91. The number of nitrogen functional groups attached to an aromatic ring is 1. The summed E-state index contributed by atoms with van der Waals surface area (Å²) < 4.78 is 39.1. The van der Waals surface area contributed by atoms with Gasteiger partial charge in [0.1, 0.15) is 36.8 Å². The van der Waals surface area contributed by atoms with Crippen LogP contribution in [0.5, 0.6) is 17.2 Å². The standard InChI is InChI=1S/C39H56N4O14/c1-41(38(49)54-22-24-10-11-28(26(40)19-24)56-37-34(46)32(44)33(45)35(57-37)36(47)48)16-17-42(2)39(50)55-25-13-15-43(21-25)27-7-5-6-8-29(27)53-18-14-23-9-12-30(51-3)31(20-23)52-4/h9-12,19-20,25,27,29,32-35,37,44-46H,5-8,13-18,21-22,40H2,1-4H3,(H,47,48)/t25-,27-,29+,32?,33?,34?,35?,37?/m0/s1. The molecule has 5 rings (SSSR count). The van der Waals surface area contributed by atoms with Gasteiger partial charge in [0.05, 0.1) is 32.6 Å². The zero-order chi connectivity index (χ0) is 41.2. The normalized spacial score (nSPS) is 26.3. The van der Waals surface area contributed by atoms with E-state index in [1.165, 1.54) is 28.0 Å². The van der Waals surface area contributed by atoms with Crippen LogP contribution in [0.3, 0.4) is 0 Å². The number of carbonyl (C=O) groups is 3. The highest BCUT2D eigenvalue weighted by Crippen LogP contribution is 2.32. The number of hydrogen-bond donors (Lipinski definition) is 5. The number of likely N-dealkylation sites (N-methyl/N-ethyl adjacent to an activating group) is 2. The van der Waals surface area contributed by atoms with Crippen molar-refractivity contribution in [3.63, 3.8) is 0 Å². The lowest BCUT2D eigenvalue weighted by Crippen LogP contribution is -2.61. The third kappa shape index (κ3) is 11.3. The van der Waals surface area contributed by atoms with Crippen molar-refractivity contribution in [2.45, 2.75) is 94.1 Å². The number of benzene rings is 2. The van der Waals surface area contributed by atoms with E-state index in [4.69, 9.17) is 38.9 Å². The highest BCUT2D eigenvalue weighted by Gasteiger charge is 2.48. The number of aliphatic hydroxyl groups excluding tert-OH is 3. The third-order valence-electron chi connectivity index (χ3n) is 10.6. The topological polar surface area (TPSA) is 232 Å². The summed E-state index contributed by atoms with van der Waals surface area (Å²) in [4.78, 5) is 42.2. The molecule has 0 aromatic heterocycles. The van der Waals surface area contributed by atoms with E-state index in [9.17, 15) is 34.8 Å². The number of carboxylic acids is 1. The average Bonchev–Trinajstić information content (AvgIpc) is 3.67. The smallest absolute Gasteiger partial charge is 0.409 e. The predicted molar refractivity (Wildman–Crippen MR) is 203 cm³/mol. The molecule has 1 aliphatic carbocycles. The lowest BCUT2D eigenvalue weighted by Gasteiger charge is -2.38. The largest absolute Gasteiger partial charge is 0.493 e. The summed E-state index contributed by atoms with van der Waals surface area (Å²) in [5.74, 6) is -0.152. The van der Waals surface area contributed by atoms with Crippen molar-refractivity contribution in [1.29, 1.82) is 0 Å². The maximum atomic E-state index is 13.0. The Balaban J connectivity index is 1.01. The van der Waals surface area contributed by atoms with Gasteiger partial charge in [-0.05, 0) is 61.1 Å². The Bertz CT molecular complexity index is 1670. The molecule has 6 N–H and O–H groups in total. The highest BCUT2D eigenvalue weighted by atomic mass is 16.7. The first-order valence-corrected chi connectivity index (χ1v) is 19.1. The average molecular weight is 805 g/mol. The molecule has 316 valence electrons.